The molecule has 0 aromatic heterocycles. The second kappa shape index (κ2) is 8.19. The first-order chi connectivity index (χ1) is 11.6. The highest BCUT2D eigenvalue weighted by atomic mass is 79.9. The van der Waals surface area contributed by atoms with Crippen molar-refractivity contribution in [3.63, 3.8) is 0 Å². The van der Waals surface area contributed by atoms with Gasteiger partial charge in [-0.25, -0.2) is 0 Å². The van der Waals surface area contributed by atoms with Crippen LogP contribution in [0.5, 0.6) is 0 Å². The summed E-state index contributed by atoms with van der Waals surface area (Å²) >= 11 is 14.8. The van der Waals surface area contributed by atoms with Gasteiger partial charge in [-0.05, 0) is 70.8 Å². The molecule has 0 bridgehead atoms. The van der Waals surface area contributed by atoms with E-state index in [4.69, 9.17) is 23.8 Å². The number of hydrogen-bond donors (Lipinski definition) is 2. The maximum absolute atomic E-state index is 6.08. The van der Waals surface area contributed by atoms with Gasteiger partial charge in [-0.2, -0.15) is 0 Å². The van der Waals surface area contributed by atoms with Crippen molar-refractivity contribution in [1.82, 2.24) is 5.32 Å². The Morgan fingerprint density at radius 3 is 2.92 bits per heavy atom. The summed E-state index contributed by atoms with van der Waals surface area (Å²) < 4.78 is 0.875. The molecule has 0 spiro atoms. The molecular weight excluding hydrogens is 406 g/mol. The van der Waals surface area contributed by atoms with Crippen LogP contribution in [-0.2, 0) is 6.42 Å². The van der Waals surface area contributed by atoms with Gasteiger partial charge in [-0.15, -0.1) is 0 Å². The first kappa shape index (κ1) is 17.5. The molecule has 0 amide bonds. The van der Waals surface area contributed by atoms with Crippen LogP contribution in [-0.4, -0.2) is 24.7 Å². The minimum atomic E-state index is 0.621. The number of rotatable bonds is 5. The SMILES string of the molecule is S=C(NCCCN1CCc2ccccc21)Nc1ccc(Br)c(Cl)c1. The molecule has 3 nitrogen and oxygen atoms in total. The van der Waals surface area contributed by atoms with Crippen LogP contribution in [0.2, 0.25) is 5.02 Å². The predicted molar refractivity (Wildman–Crippen MR) is 110 cm³/mol. The molecule has 0 radical (unpaired) electrons. The Kier molecular flexibility index (Phi) is 5.98. The maximum atomic E-state index is 6.08. The molecule has 24 heavy (non-hydrogen) atoms. The fourth-order valence-corrected chi connectivity index (χ4v) is 3.51. The number of hydrogen-bond acceptors (Lipinski definition) is 2. The number of halogens is 2. The van der Waals surface area contributed by atoms with Crippen LogP contribution in [0, 0.1) is 0 Å². The molecule has 126 valence electrons. The Balaban J connectivity index is 1.40. The largest absolute Gasteiger partial charge is 0.371 e. The lowest BCUT2D eigenvalue weighted by molar-refractivity contribution is 0.730. The highest BCUT2D eigenvalue weighted by Gasteiger charge is 2.17. The summed E-state index contributed by atoms with van der Waals surface area (Å²) in [4.78, 5) is 2.45. The molecule has 2 N–H and O–H groups in total. The molecule has 0 fully saturated rings. The van der Waals surface area contributed by atoms with Gasteiger partial charge in [-0.1, -0.05) is 29.8 Å². The van der Waals surface area contributed by atoms with Gasteiger partial charge in [0, 0.05) is 35.5 Å². The van der Waals surface area contributed by atoms with Crippen molar-refractivity contribution in [2.24, 2.45) is 0 Å². The van der Waals surface area contributed by atoms with Gasteiger partial charge in [0.2, 0.25) is 0 Å². The third kappa shape index (κ3) is 4.41. The predicted octanol–water partition coefficient (Wildman–Crippen LogP) is 4.84. The van der Waals surface area contributed by atoms with Crippen LogP contribution >= 0.6 is 39.7 Å². The molecule has 2 aromatic rings. The smallest absolute Gasteiger partial charge is 0.170 e. The highest BCUT2D eigenvalue weighted by Crippen LogP contribution is 2.27. The summed E-state index contributed by atoms with van der Waals surface area (Å²) in [5.74, 6) is 0. The van der Waals surface area contributed by atoms with E-state index in [1.165, 1.54) is 11.3 Å². The van der Waals surface area contributed by atoms with Crippen molar-refractivity contribution in [3.05, 3.63) is 57.5 Å². The van der Waals surface area contributed by atoms with Gasteiger partial charge < -0.3 is 15.5 Å². The molecule has 3 rings (SSSR count). The summed E-state index contributed by atoms with van der Waals surface area (Å²) in [7, 11) is 0. The monoisotopic (exact) mass is 423 g/mol. The van der Waals surface area contributed by atoms with E-state index in [9.17, 15) is 0 Å². The molecule has 0 unspecified atom stereocenters. The van der Waals surface area contributed by atoms with Gasteiger partial charge in [-0.3, -0.25) is 0 Å². The number of fused-ring (bicyclic) bond motifs is 1. The lowest BCUT2D eigenvalue weighted by Crippen LogP contribution is -2.32. The molecule has 0 saturated heterocycles. The summed E-state index contributed by atoms with van der Waals surface area (Å²) in [6.45, 7) is 2.99. The standard InChI is InChI=1S/C18H19BrClN3S/c19-15-7-6-14(12-16(15)20)22-18(24)21-9-3-10-23-11-8-13-4-1-2-5-17(13)23/h1-2,4-7,12H,3,8-11H2,(H2,21,22,24). The van der Waals surface area contributed by atoms with E-state index in [-0.39, 0.29) is 0 Å². The molecule has 1 aliphatic heterocycles. The van der Waals surface area contributed by atoms with E-state index in [0.717, 1.165) is 42.6 Å². The van der Waals surface area contributed by atoms with Gasteiger partial charge >= 0.3 is 0 Å². The molecule has 0 atom stereocenters. The quantitative estimate of drug-likeness (QED) is 0.530. The zero-order valence-corrected chi connectivity index (χ0v) is 16.3. The van der Waals surface area contributed by atoms with E-state index < -0.39 is 0 Å². The minimum absolute atomic E-state index is 0.621. The summed E-state index contributed by atoms with van der Waals surface area (Å²) in [6.07, 6.45) is 2.19. The van der Waals surface area contributed by atoms with Crippen molar-refractivity contribution in [1.29, 1.82) is 0 Å². The van der Waals surface area contributed by atoms with Crippen LogP contribution in [0.1, 0.15) is 12.0 Å². The first-order valence-electron chi connectivity index (χ1n) is 7.96. The zero-order valence-electron chi connectivity index (χ0n) is 13.2. The van der Waals surface area contributed by atoms with Crippen LogP contribution in [0.4, 0.5) is 11.4 Å². The average Bonchev–Trinajstić information content (AvgIpc) is 2.98. The molecule has 6 heteroatoms. The lowest BCUT2D eigenvalue weighted by atomic mass is 10.2. The molecule has 2 aromatic carbocycles. The Morgan fingerprint density at radius 1 is 1.25 bits per heavy atom. The van der Waals surface area contributed by atoms with Gasteiger partial charge in [0.25, 0.3) is 0 Å². The second-order valence-electron chi connectivity index (χ2n) is 5.73. The van der Waals surface area contributed by atoms with E-state index in [2.05, 4.69) is 55.7 Å². The van der Waals surface area contributed by atoms with Crippen LogP contribution in [0.3, 0.4) is 0 Å². The Hall–Kier alpha value is -1.30. The van der Waals surface area contributed by atoms with Crippen molar-refractivity contribution in [2.45, 2.75) is 12.8 Å². The number of thiocarbonyl (C=S) groups is 1. The van der Waals surface area contributed by atoms with Crippen molar-refractivity contribution >= 4 is 56.2 Å². The Morgan fingerprint density at radius 2 is 2.08 bits per heavy atom. The normalized spacial score (nSPS) is 12.8. The van der Waals surface area contributed by atoms with Crippen molar-refractivity contribution in [2.75, 3.05) is 29.9 Å². The van der Waals surface area contributed by atoms with E-state index in [1.807, 2.05) is 18.2 Å². The zero-order chi connectivity index (χ0) is 16.9. The number of nitrogens with one attached hydrogen (secondary N) is 2. The Bertz CT molecular complexity index is 738. The molecule has 1 aliphatic rings. The van der Waals surface area contributed by atoms with Crippen LogP contribution < -0.4 is 15.5 Å². The molecule has 0 aliphatic carbocycles. The molecule has 0 saturated carbocycles. The summed E-state index contributed by atoms with van der Waals surface area (Å²) in [5.41, 5.74) is 3.71. The number of nitrogens with zero attached hydrogens (tertiary/aromatic N) is 1. The highest BCUT2D eigenvalue weighted by molar-refractivity contribution is 9.10. The summed E-state index contributed by atoms with van der Waals surface area (Å²) in [5, 5.41) is 7.69. The van der Waals surface area contributed by atoms with Crippen molar-refractivity contribution in [3.8, 4) is 0 Å². The average molecular weight is 425 g/mol. The Labute approximate surface area is 161 Å². The first-order valence-corrected chi connectivity index (χ1v) is 9.54. The maximum Gasteiger partial charge on any atom is 0.170 e. The third-order valence-corrected chi connectivity index (χ3v) is 5.53. The van der Waals surface area contributed by atoms with Crippen molar-refractivity contribution < 1.29 is 0 Å². The third-order valence-electron chi connectivity index (χ3n) is 4.05. The lowest BCUT2D eigenvalue weighted by Gasteiger charge is -2.19. The number of anilines is 2. The van der Waals surface area contributed by atoms with E-state index >= 15 is 0 Å². The number of benzene rings is 2. The molecular formula is C18H19BrClN3S. The molecule has 1 heterocycles. The van der Waals surface area contributed by atoms with Gasteiger partial charge in [0.1, 0.15) is 0 Å². The van der Waals surface area contributed by atoms with Gasteiger partial charge in [0.15, 0.2) is 5.11 Å². The van der Waals surface area contributed by atoms with E-state index in [1.54, 1.807) is 0 Å². The second-order valence-corrected chi connectivity index (χ2v) is 7.40. The fraction of sp³-hybridized carbons (Fsp3) is 0.278. The van der Waals surface area contributed by atoms with E-state index in [0.29, 0.717) is 10.1 Å². The summed E-state index contributed by atoms with van der Waals surface area (Å²) in [6, 6.07) is 14.3. The topological polar surface area (TPSA) is 27.3 Å². The van der Waals surface area contributed by atoms with Gasteiger partial charge in [0.05, 0.1) is 5.02 Å². The number of para-hydroxylation sites is 1. The van der Waals surface area contributed by atoms with Crippen LogP contribution in [0.25, 0.3) is 0 Å². The fourth-order valence-electron chi connectivity index (χ4n) is 2.86. The minimum Gasteiger partial charge on any atom is -0.371 e. The van der Waals surface area contributed by atoms with Crippen LogP contribution in [0.15, 0.2) is 46.9 Å².